The van der Waals surface area contributed by atoms with Gasteiger partial charge in [0.15, 0.2) is 5.11 Å². The maximum absolute atomic E-state index is 12.8. The number of nitrogens with two attached hydrogens (primary N) is 1. The third-order valence-electron chi connectivity index (χ3n) is 3.85. The van der Waals surface area contributed by atoms with Crippen LogP contribution in [0.2, 0.25) is 0 Å². The summed E-state index contributed by atoms with van der Waals surface area (Å²) in [7, 11) is -7.00. The maximum Gasteiger partial charge on any atom is 0.343 e. The highest BCUT2D eigenvalue weighted by atomic mass is 32.2. The summed E-state index contributed by atoms with van der Waals surface area (Å²) in [5.74, 6) is 0. The Hall–Kier alpha value is -2.47. The molecule has 0 spiro atoms. The van der Waals surface area contributed by atoms with Crippen molar-refractivity contribution in [2.75, 3.05) is 0 Å². The molecule has 0 unspecified atom stereocenters. The van der Waals surface area contributed by atoms with Crippen molar-refractivity contribution in [3.8, 4) is 0 Å². The van der Waals surface area contributed by atoms with E-state index in [2.05, 4.69) is 8.87 Å². The average Bonchev–Trinajstić information content (AvgIpc) is 2.67. The fourth-order valence-corrected chi connectivity index (χ4v) is 8.69. The molecule has 0 aromatic heterocycles. The van der Waals surface area contributed by atoms with E-state index >= 15 is 0 Å². The predicted molar refractivity (Wildman–Crippen MR) is 116 cm³/mol. The van der Waals surface area contributed by atoms with Crippen LogP contribution in [0.4, 0.5) is 0 Å². The van der Waals surface area contributed by atoms with Crippen LogP contribution in [0.1, 0.15) is 0 Å². The number of hydrogen-bond donors (Lipinski definition) is 2. The Morgan fingerprint density at radius 2 is 1.11 bits per heavy atom. The first-order chi connectivity index (χ1) is 12.9. The van der Waals surface area contributed by atoms with E-state index in [9.17, 15) is 8.42 Å². The van der Waals surface area contributed by atoms with Crippen molar-refractivity contribution in [3.63, 3.8) is 0 Å². The smallest absolute Gasteiger partial charge is 0.343 e. The van der Waals surface area contributed by atoms with Crippen molar-refractivity contribution in [1.29, 1.82) is 0 Å². The van der Waals surface area contributed by atoms with E-state index in [-0.39, 0.29) is 5.11 Å². The molecule has 3 rings (SSSR count). The molecule has 3 N–H and O–H groups in total. The molecule has 3 aromatic carbocycles. The third-order valence-corrected chi connectivity index (χ3v) is 9.53. The van der Waals surface area contributed by atoms with Gasteiger partial charge in [-0.1, -0.05) is 91.0 Å². The lowest BCUT2D eigenvalue weighted by atomic mass is 10.4. The van der Waals surface area contributed by atoms with E-state index in [1.54, 1.807) is 0 Å². The minimum Gasteiger partial charge on any atom is -0.375 e. The van der Waals surface area contributed by atoms with Crippen LogP contribution in [0.3, 0.4) is 0 Å². The highest BCUT2D eigenvalue weighted by molar-refractivity contribution is 7.99. The first-order valence-corrected chi connectivity index (χ1v) is 11.7. The lowest BCUT2D eigenvalue weighted by molar-refractivity contribution is 0.595. The second-order valence-electron chi connectivity index (χ2n) is 5.67. The fourth-order valence-electron chi connectivity index (χ4n) is 2.83. The van der Waals surface area contributed by atoms with Gasteiger partial charge in [0.2, 0.25) is 0 Å². The summed E-state index contributed by atoms with van der Waals surface area (Å²) in [5, 5.41) is 2.10. The molecule has 0 atom stereocenters. The number of nitrogens with zero attached hydrogens (tertiary/aromatic N) is 1. The molecule has 0 aliphatic heterocycles. The fraction of sp³-hybridized carbons (Fsp3) is 0. The minimum absolute atomic E-state index is 0.342. The van der Waals surface area contributed by atoms with E-state index in [1.807, 2.05) is 91.0 Å². The van der Waals surface area contributed by atoms with Crippen LogP contribution in [0, 0.1) is 0 Å². The zero-order valence-electron chi connectivity index (χ0n) is 14.3. The van der Waals surface area contributed by atoms with Gasteiger partial charge in [0.05, 0.1) is 7.05 Å². The molecule has 3 aromatic rings. The average molecular weight is 415 g/mol. The number of benzene rings is 3. The Morgan fingerprint density at radius 1 is 0.778 bits per heavy atom. The van der Waals surface area contributed by atoms with Gasteiger partial charge in [-0.25, -0.2) is 4.72 Å². The summed E-state index contributed by atoms with van der Waals surface area (Å²) in [4.78, 5) is 0. The molecule has 0 heterocycles. The molecule has 138 valence electrons. The van der Waals surface area contributed by atoms with Gasteiger partial charge in [-0.3, -0.25) is 0 Å². The van der Waals surface area contributed by atoms with Gasteiger partial charge in [-0.2, -0.15) is 12.6 Å². The highest BCUT2D eigenvalue weighted by Crippen LogP contribution is 2.47. The molecule has 0 aliphatic carbocycles. The van der Waals surface area contributed by atoms with Crippen LogP contribution < -0.4 is 26.4 Å². The van der Waals surface area contributed by atoms with E-state index in [1.165, 1.54) is 0 Å². The normalized spacial score (nSPS) is 11.6. The Bertz CT molecular complexity index is 984. The van der Waals surface area contributed by atoms with Gasteiger partial charge in [0.25, 0.3) is 0 Å². The molecule has 0 fully saturated rings. The molecule has 0 amide bonds. The molecule has 0 aliphatic rings. The van der Waals surface area contributed by atoms with E-state index < -0.39 is 17.3 Å². The number of rotatable bonds is 5. The summed E-state index contributed by atoms with van der Waals surface area (Å²) in [6.07, 6.45) is 0. The van der Waals surface area contributed by atoms with Crippen LogP contribution in [0.5, 0.6) is 0 Å². The quantitative estimate of drug-likeness (QED) is 0.495. The summed E-state index contributed by atoms with van der Waals surface area (Å²) in [6.45, 7) is 0. The monoisotopic (exact) mass is 415 g/mol. The van der Waals surface area contributed by atoms with Crippen molar-refractivity contribution in [2.24, 2.45) is 9.88 Å². The van der Waals surface area contributed by atoms with E-state index in [0.717, 1.165) is 15.9 Å². The van der Waals surface area contributed by atoms with Crippen molar-refractivity contribution in [1.82, 2.24) is 4.72 Å². The first kappa shape index (κ1) is 19.3. The van der Waals surface area contributed by atoms with Gasteiger partial charge in [-0.05, 0) is 12.2 Å². The SMILES string of the molecule is NC(=S)NS(=O)(=O)N=P(c1ccccc1)(c1ccccc1)c1ccccc1. The van der Waals surface area contributed by atoms with Crippen molar-refractivity contribution >= 4 is 50.5 Å². The Balaban J connectivity index is 2.46. The molecule has 0 saturated heterocycles. The standard InChI is InChI=1S/C19H18N3O2PS2/c20-19(26)21-27(23,24)22-25(16-10-4-1-5-11-16,17-12-6-2-7-13-17)18-14-8-3-9-15-18/h1-15H,(H3,20,21,26). The van der Waals surface area contributed by atoms with Gasteiger partial charge < -0.3 is 5.73 Å². The van der Waals surface area contributed by atoms with Gasteiger partial charge in [-0.15, -0.1) is 0 Å². The van der Waals surface area contributed by atoms with Crippen LogP contribution in [-0.2, 0) is 10.2 Å². The molecule has 0 bridgehead atoms. The molecule has 27 heavy (non-hydrogen) atoms. The van der Waals surface area contributed by atoms with Gasteiger partial charge in [0, 0.05) is 15.9 Å². The van der Waals surface area contributed by atoms with Crippen LogP contribution in [-0.4, -0.2) is 13.5 Å². The summed E-state index contributed by atoms with van der Waals surface area (Å²) < 4.78 is 32.0. The topological polar surface area (TPSA) is 84.5 Å². The van der Waals surface area contributed by atoms with Crippen LogP contribution in [0.25, 0.3) is 0 Å². The minimum atomic E-state index is -4.12. The maximum atomic E-state index is 12.8. The second kappa shape index (κ2) is 8.05. The lowest BCUT2D eigenvalue weighted by Crippen LogP contribution is -2.35. The molecular formula is C19H18N3O2PS2. The predicted octanol–water partition coefficient (Wildman–Crippen LogP) is 2.24. The van der Waals surface area contributed by atoms with Gasteiger partial charge >= 0.3 is 10.2 Å². The van der Waals surface area contributed by atoms with Crippen molar-refractivity contribution < 1.29 is 8.42 Å². The summed E-state index contributed by atoms with van der Waals surface area (Å²) in [5.41, 5.74) is 5.41. The second-order valence-corrected chi connectivity index (χ2v) is 10.7. The zero-order valence-corrected chi connectivity index (χ0v) is 16.8. The summed E-state index contributed by atoms with van der Waals surface area (Å²) in [6, 6.07) is 28.3. The van der Waals surface area contributed by atoms with E-state index in [4.69, 9.17) is 18.0 Å². The van der Waals surface area contributed by atoms with Crippen molar-refractivity contribution in [2.45, 2.75) is 0 Å². The molecule has 0 saturated carbocycles. The third kappa shape index (κ3) is 4.27. The zero-order chi connectivity index (χ0) is 19.3. The largest absolute Gasteiger partial charge is 0.375 e. The van der Waals surface area contributed by atoms with Crippen molar-refractivity contribution in [3.05, 3.63) is 91.0 Å². The highest BCUT2D eigenvalue weighted by Gasteiger charge is 2.30. The molecule has 8 heteroatoms. The van der Waals surface area contributed by atoms with Crippen LogP contribution in [0.15, 0.2) is 95.1 Å². The number of nitrogens with one attached hydrogen (secondary N) is 1. The molecule has 5 nitrogen and oxygen atoms in total. The Morgan fingerprint density at radius 3 is 1.41 bits per heavy atom. The van der Waals surface area contributed by atoms with Gasteiger partial charge in [0.1, 0.15) is 0 Å². The number of thiocarbonyl (C=S) groups is 1. The molecule has 0 radical (unpaired) electrons. The van der Waals surface area contributed by atoms with E-state index in [0.29, 0.717) is 0 Å². The summed E-state index contributed by atoms with van der Waals surface area (Å²) >= 11 is 4.72. The number of hydrogen-bond acceptors (Lipinski definition) is 3. The Kier molecular flexibility index (Phi) is 5.75. The van der Waals surface area contributed by atoms with Crippen LogP contribution >= 0.6 is 19.3 Å². The molecular weight excluding hydrogens is 397 g/mol. The Labute approximate surface area is 164 Å². The first-order valence-electron chi connectivity index (χ1n) is 8.07. The lowest BCUT2D eigenvalue weighted by Gasteiger charge is -2.26.